The molecule has 0 aliphatic rings. The Kier molecular flexibility index (Phi) is 14.3. The summed E-state index contributed by atoms with van der Waals surface area (Å²) < 4.78 is 28.4. The molecule has 0 spiro atoms. The molecular formula is C17H38IN3O3S. The summed E-state index contributed by atoms with van der Waals surface area (Å²) in [4.78, 5) is 4.22. The molecule has 0 aromatic heterocycles. The lowest BCUT2D eigenvalue weighted by Gasteiger charge is -2.26. The van der Waals surface area contributed by atoms with Gasteiger partial charge >= 0.3 is 0 Å². The third-order valence-electron chi connectivity index (χ3n) is 3.95. The smallest absolute Gasteiger partial charge is 0.190 e. The summed E-state index contributed by atoms with van der Waals surface area (Å²) in [6, 6.07) is 0. The number of guanidine groups is 1. The number of aliphatic imine (C=N–C) groups is 1. The average molecular weight is 491 g/mol. The van der Waals surface area contributed by atoms with Gasteiger partial charge in [0.05, 0.1) is 11.9 Å². The van der Waals surface area contributed by atoms with E-state index in [9.17, 15) is 8.42 Å². The fraction of sp³-hybridized carbons (Fsp3) is 0.941. The van der Waals surface area contributed by atoms with E-state index in [1.807, 2.05) is 6.92 Å². The molecule has 0 fully saturated rings. The number of ether oxygens (including phenoxy) is 1. The van der Waals surface area contributed by atoms with Crippen molar-refractivity contribution in [1.29, 1.82) is 0 Å². The molecular weight excluding hydrogens is 453 g/mol. The van der Waals surface area contributed by atoms with Gasteiger partial charge in [0.2, 0.25) is 0 Å². The van der Waals surface area contributed by atoms with E-state index in [0.717, 1.165) is 25.5 Å². The fourth-order valence-electron chi connectivity index (χ4n) is 2.25. The first-order valence-corrected chi connectivity index (χ1v) is 10.8. The molecule has 0 rings (SSSR count). The maximum atomic E-state index is 11.3. The van der Waals surface area contributed by atoms with Gasteiger partial charge in [-0.25, -0.2) is 8.42 Å². The van der Waals surface area contributed by atoms with Crippen LogP contribution in [0.3, 0.4) is 0 Å². The molecule has 0 radical (unpaired) electrons. The van der Waals surface area contributed by atoms with Crippen LogP contribution in [0.25, 0.3) is 0 Å². The molecule has 0 aromatic carbocycles. The van der Waals surface area contributed by atoms with Crippen LogP contribution in [0.1, 0.15) is 47.5 Å². The second-order valence-electron chi connectivity index (χ2n) is 7.42. The fourth-order valence-corrected chi connectivity index (χ4v) is 3.17. The first-order chi connectivity index (χ1) is 11.0. The van der Waals surface area contributed by atoms with Crippen molar-refractivity contribution in [1.82, 2.24) is 10.6 Å². The van der Waals surface area contributed by atoms with Gasteiger partial charge in [-0.05, 0) is 31.1 Å². The van der Waals surface area contributed by atoms with Crippen LogP contribution in [0, 0.1) is 11.3 Å². The van der Waals surface area contributed by atoms with Gasteiger partial charge in [0, 0.05) is 33.0 Å². The Balaban J connectivity index is 0. The molecule has 2 N–H and O–H groups in total. The van der Waals surface area contributed by atoms with Crippen molar-refractivity contribution in [3.05, 3.63) is 0 Å². The van der Waals surface area contributed by atoms with Crippen molar-refractivity contribution in [3.63, 3.8) is 0 Å². The quantitative estimate of drug-likeness (QED) is 0.264. The highest BCUT2D eigenvalue weighted by molar-refractivity contribution is 14.0. The summed E-state index contributed by atoms with van der Waals surface area (Å²) in [5.41, 5.74) is -0.119. The lowest BCUT2D eigenvalue weighted by atomic mass is 9.90. The SMILES string of the molecule is CCOC(CCNC(=NC)NCC(C)(C)CCS(C)(=O)=O)C(C)C.I. The summed E-state index contributed by atoms with van der Waals surface area (Å²) >= 11 is 0. The van der Waals surface area contributed by atoms with Gasteiger partial charge in [-0.15, -0.1) is 24.0 Å². The number of rotatable bonds is 11. The zero-order valence-corrected chi connectivity index (χ0v) is 20.0. The van der Waals surface area contributed by atoms with Crippen molar-refractivity contribution < 1.29 is 13.2 Å². The van der Waals surface area contributed by atoms with Crippen molar-refractivity contribution in [3.8, 4) is 0 Å². The van der Waals surface area contributed by atoms with E-state index in [1.165, 1.54) is 6.26 Å². The van der Waals surface area contributed by atoms with Crippen molar-refractivity contribution >= 4 is 39.8 Å². The van der Waals surface area contributed by atoms with E-state index < -0.39 is 9.84 Å². The van der Waals surface area contributed by atoms with Crippen LogP contribution in [0.2, 0.25) is 0 Å². The van der Waals surface area contributed by atoms with Crippen molar-refractivity contribution in [2.75, 3.05) is 38.8 Å². The second kappa shape index (κ2) is 13.1. The minimum atomic E-state index is -2.93. The van der Waals surface area contributed by atoms with E-state index in [-0.39, 0.29) is 41.2 Å². The molecule has 0 bridgehead atoms. The molecule has 0 saturated heterocycles. The number of nitrogens with zero attached hydrogens (tertiary/aromatic N) is 1. The van der Waals surface area contributed by atoms with Gasteiger partial charge in [0.1, 0.15) is 9.84 Å². The Hall–Kier alpha value is -0.0900. The van der Waals surface area contributed by atoms with Crippen molar-refractivity contribution in [2.45, 2.75) is 53.6 Å². The van der Waals surface area contributed by atoms with Gasteiger partial charge in [0.25, 0.3) is 0 Å². The molecule has 6 nitrogen and oxygen atoms in total. The van der Waals surface area contributed by atoms with Crippen molar-refractivity contribution in [2.24, 2.45) is 16.3 Å². The first kappa shape index (κ1) is 27.1. The molecule has 0 aromatic rings. The highest BCUT2D eigenvalue weighted by Gasteiger charge is 2.20. The lowest BCUT2D eigenvalue weighted by molar-refractivity contribution is 0.0258. The third kappa shape index (κ3) is 14.7. The highest BCUT2D eigenvalue weighted by atomic mass is 127. The molecule has 152 valence electrons. The molecule has 0 heterocycles. The highest BCUT2D eigenvalue weighted by Crippen LogP contribution is 2.19. The average Bonchev–Trinajstić information content (AvgIpc) is 2.47. The van der Waals surface area contributed by atoms with Gasteiger partial charge < -0.3 is 15.4 Å². The molecule has 0 aliphatic heterocycles. The number of hydrogen-bond donors (Lipinski definition) is 2. The largest absolute Gasteiger partial charge is 0.378 e. The van der Waals surface area contributed by atoms with Gasteiger partial charge in [0.15, 0.2) is 5.96 Å². The minimum absolute atomic E-state index is 0. The Morgan fingerprint density at radius 3 is 2.28 bits per heavy atom. The normalized spacial score (nSPS) is 14.2. The summed E-state index contributed by atoms with van der Waals surface area (Å²) in [6.45, 7) is 12.6. The Morgan fingerprint density at radius 2 is 1.84 bits per heavy atom. The zero-order chi connectivity index (χ0) is 18.8. The standard InChI is InChI=1S/C17H37N3O3S.HI/c1-8-23-15(14(2)3)9-11-19-16(18-6)20-13-17(4,5)10-12-24(7,21)22;/h14-15H,8-13H2,1-7H3,(H2,18,19,20);1H. The molecule has 1 atom stereocenters. The summed E-state index contributed by atoms with van der Waals surface area (Å²) in [5.74, 6) is 1.43. The van der Waals surface area contributed by atoms with E-state index in [0.29, 0.717) is 18.9 Å². The van der Waals surface area contributed by atoms with Crippen LogP contribution in [-0.2, 0) is 14.6 Å². The van der Waals surface area contributed by atoms with Gasteiger partial charge in [-0.3, -0.25) is 4.99 Å². The van der Waals surface area contributed by atoms with E-state index in [2.05, 4.69) is 43.3 Å². The van der Waals surface area contributed by atoms with Gasteiger partial charge in [-0.2, -0.15) is 0 Å². The summed E-state index contributed by atoms with van der Waals surface area (Å²) in [7, 11) is -1.19. The maximum Gasteiger partial charge on any atom is 0.190 e. The monoisotopic (exact) mass is 491 g/mol. The molecule has 25 heavy (non-hydrogen) atoms. The predicted molar refractivity (Wildman–Crippen MR) is 118 cm³/mol. The van der Waals surface area contributed by atoms with Crippen LogP contribution < -0.4 is 10.6 Å². The minimum Gasteiger partial charge on any atom is -0.378 e. The van der Waals surface area contributed by atoms with Crippen LogP contribution >= 0.6 is 24.0 Å². The second-order valence-corrected chi connectivity index (χ2v) is 9.68. The molecule has 0 saturated carbocycles. The topological polar surface area (TPSA) is 79.8 Å². The van der Waals surface area contributed by atoms with Crippen LogP contribution in [0.4, 0.5) is 0 Å². The third-order valence-corrected chi connectivity index (χ3v) is 4.90. The number of hydrogen-bond acceptors (Lipinski definition) is 4. The molecule has 0 aliphatic carbocycles. The molecule has 8 heteroatoms. The summed E-state index contributed by atoms with van der Waals surface area (Å²) in [6.07, 6.45) is 3.06. The molecule has 0 amide bonds. The first-order valence-electron chi connectivity index (χ1n) is 8.74. The Morgan fingerprint density at radius 1 is 1.24 bits per heavy atom. The van der Waals surface area contributed by atoms with Crippen LogP contribution in [0.15, 0.2) is 4.99 Å². The van der Waals surface area contributed by atoms with E-state index in [4.69, 9.17) is 4.74 Å². The van der Waals surface area contributed by atoms with E-state index in [1.54, 1.807) is 7.05 Å². The number of halogens is 1. The Labute approximate surface area is 171 Å². The summed E-state index contributed by atoms with van der Waals surface area (Å²) in [5, 5.41) is 6.58. The number of nitrogens with one attached hydrogen (secondary N) is 2. The predicted octanol–water partition coefficient (Wildman–Crippen LogP) is 2.68. The zero-order valence-electron chi connectivity index (χ0n) is 16.9. The lowest BCUT2D eigenvalue weighted by Crippen LogP contribution is -2.43. The Bertz CT molecular complexity index is 480. The van der Waals surface area contributed by atoms with Crippen LogP contribution in [0.5, 0.6) is 0 Å². The van der Waals surface area contributed by atoms with Gasteiger partial charge in [-0.1, -0.05) is 27.7 Å². The van der Waals surface area contributed by atoms with Crippen LogP contribution in [-0.4, -0.2) is 59.2 Å². The number of sulfone groups is 1. The molecule has 1 unspecified atom stereocenters. The van der Waals surface area contributed by atoms with E-state index >= 15 is 0 Å². The maximum absolute atomic E-state index is 11.3.